The third-order valence-electron chi connectivity index (χ3n) is 3.53. The number of hydrogen-bond acceptors (Lipinski definition) is 5. The highest BCUT2D eigenvalue weighted by Crippen LogP contribution is 2.17. The van der Waals surface area contributed by atoms with E-state index in [0.29, 0.717) is 44.0 Å². The number of nitrogens with one attached hydrogen (secondary N) is 1. The van der Waals surface area contributed by atoms with Crippen LogP contribution >= 0.6 is 0 Å². The molecule has 116 valence electrons. The SMILES string of the molecule is NNC(=O)CCN1CCN(S(=O)(=O)c2ccccc2)CC1. The van der Waals surface area contributed by atoms with E-state index in [-0.39, 0.29) is 5.91 Å². The van der Waals surface area contributed by atoms with Crippen molar-refractivity contribution in [2.75, 3.05) is 32.7 Å². The molecule has 1 heterocycles. The van der Waals surface area contributed by atoms with Crippen LogP contribution in [0, 0.1) is 0 Å². The Bertz CT molecular complexity index is 568. The van der Waals surface area contributed by atoms with Gasteiger partial charge in [-0.1, -0.05) is 18.2 Å². The van der Waals surface area contributed by atoms with Gasteiger partial charge in [-0.2, -0.15) is 4.31 Å². The number of rotatable bonds is 5. The van der Waals surface area contributed by atoms with Gasteiger partial charge in [0.1, 0.15) is 0 Å². The van der Waals surface area contributed by atoms with E-state index < -0.39 is 10.0 Å². The van der Waals surface area contributed by atoms with Gasteiger partial charge in [0.15, 0.2) is 0 Å². The lowest BCUT2D eigenvalue weighted by molar-refractivity contribution is -0.121. The van der Waals surface area contributed by atoms with Gasteiger partial charge in [0.2, 0.25) is 15.9 Å². The van der Waals surface area contributed by atoms with Crippen molar-refractivity contribution >= 4 is 15.9 Å². The maximum Gasteiger partial charge on any atom is 0.243 e. The van der Waals surface area contributed by atoms with Gasteiger partial charge in [-0.15, -0.1) is 0 Å². The summed E-state index contributed by atoms with van der Waals surface area (Å²) in [6.07, 6.45) is 0.321. The van der Waals surface area contributed by atoms with E-state index in [4.69, 9.17) is 5.84 Å². The molecule has 1 fully saturated rings. The quantitative estimate of drug-likeness (QED) is 0.429. The van der Waals surface area contributed by atoms with Crippen LogP contribution in [0.3, 0.4) is 0 Å². The molecule has 0 unspecified atom stereocenters. The second-order valence-corrected chi connectivity index (χ2v) is 6.81. The average molecular weight is 312 g/mol. The molecule has 21 heavy (non-hydrogen) atoms. The molecule has 1 aromatic carbocycles. The number of sulfonamides is 1. The standard InChI is InChI=1S/C13H20N4O3S/c14-15-13(18)6-7-16-8-10-17(11-9-16)21(19,20)12-4-2-1-3-5-12/h1-5H,6-11,14H2,(H,15,18). The van der Waals surface area contributed by atoms with Crippen LogP contribution in [0.4, 0.5) is 0 Å². The number of benzene rings is 1. The molecule has 0 saturated carbocycles. The first kappa shape index (κ1) is 15.9. The molecule has 2 rings (SSSR count). The Morgan fingerprint density at radius 2 is 1.76 bits per heavy atom. The minimum atomic E-state index is -3.41. The second kappa shape index (κ2) is 6.99. The Morgan fingerprint density at radius 1 is 1.14 bits per heavy atom. The van der Waals surface area contributed by atoms with Crippen molar-refractivity contribution in [1.82, 2.24) is 14.6 Å². The molecule has 0 aromatic heterocycles. The Hall–Kier alpha value is -1.48. The lowest BCUT2D eigenvalue weighted by atomic mass is 10.3. The van der Waals surface area contributed by atoms with Crippen molar-refractivity contribution in [2.45, 2.75) is 11.3 Å². The fraction of sp³-hybridized carbons (Fsp3) is 0.462. The number of hydrogen-bond donors (Lipinski definition) is 2. The van der Waals surface area contributed by atoms with Crippen LogP contribution in [0.1, 0.15) is 6.42 Å². The van der Waals surface area contributed by atoms with Crippen molar-refractivity contribution in [2.24, 2.45) is 5.84 Å². The van der Waals surface area contributed by atoms with E-state index >= 15 is 0 Å². The number of nitrogens with two attached hydrogens (primary N) is 1. The van der Waals surface area contributed by atoms with Gasteiger partial charge in [0.05, 0.1) is 4.90 Å². The molecule has 1 amide bonds. The van der Waals surface area contributed by atoms with Crippen LogP contribution in [-0.4, -0.2) is 56.3 Å². The van der Waals surface area contributed by atoms with Gasteiger partial charge in [0.25, 0.3) is 0 Å². The molecule has 7 nitrogen and oxygen atoms in total. The maximum absolute atomic E-state index is 12.4. The molecule has 3 N–H and O–H groups in total. The molecule has 0 spiro atoms. The lowest BCUT2D eigenvalue weighted by Crippen LogP contribution is -2.49. The minimum absolute atomic E-state index is 0.214. The van der Waals surface area contributed by atoms with E-state index in [1.807, 2.05) is 0 Å². The zero-order valence-corrected chi connectivity index (χ0v) is 12.6. The van der Waals surface area contributed by atoms with Crippen LogP contribution in [-0.2, 0) is 14.8 Å². The summed E-state index contributed by atoms with van der Waals surface area (Å²) in [7, 11) is -3.41. The van der Waals surface area contributed by atoms with Gasteiger partial charge in [-0.3, -0.25) is 10.2 Å². The van der Waals surface area contributed by atoms with E-state index in [1.54, 1.807) is 30.3 Å². The maximum atomic E-state index is 12.4. The van der Waals surface area contributed by atoms with E-state index in [2.05, 4.69) is 10.3 Å². The van der Waals surface area contributed by atoms with Gasteiger partial charge >= 0.3 is 0 Å². The van der Waals surface area contributed by atoms with Crippen LogP contribution in [0.5, 0.6) is 0 Å². The topological polar surface area (TPSA) is 95.7 Å². The van der Waals surface area contributed by atoms with Crippen LogP contribution in [0.25, 0.3) is 0 Å². The second-order valence-electron chi connectivity index (χ2n) is 4.88. The zero-order valence-electron chi connectivity index (χ0n) is 11.7. The third-order valence-corrected chi connectivity index (χ3v) is 5.44. The highest BCUT2D eigenvalue weighted by molar-refractivity contribution is 7.89. The van der Waals surface area contributed by atoms with E-state index in [1.165, 1.54) is 4.31 Å². The molecule has 1 aliphatic rings. The summed E-state index contributed by atoms with van der Waals surface area (Å²) in [6, 6.07) is 8.43. The van der Waals surface area contributed by atoms with Crippen molar-refractivity contribution in [3.8, 4) is 0 Å². The van der Waals surface area contributed by atoms with E-state index in [0.717, 1.165) is 0 Å². The summed E-state index contributed by atoms with van der Waals surface area (Å²) in [6.45, 7) is 2.68. The van der Waals surface area contributed by atoms with Gasteiger partial charge < -0.3 is 4.90 Å². The molecular formula is C13H20N4O3S. The lowest BCUT2D eigenvalue weighted by Gasteiger charge is -2.33. The summed E-state index contributed by atoms with van der Waals surface area (Å²) in [4.78, 5) is 13.5. The summed E-state index contributed by atoms with van der Waals surface area (Å²) in [5.41, 5.74) is 2.09. The molecule has 0 bridgehead atoms. The molecule has 0 radical (unpaired) electrons. The number of carbonyl (C=O) groups excluding carboxylic acids is 1. The number of carbonyl (C=O) groups is 1. The predicted molar refractivity (Wildman–Crippen MR) is 78.6 cm³/mol. The number of piperazine rings is 1. The van der Waals surface area contributed by atoms with Gasteiger partial charge in [0, 0.05) is 39.1 Å². The predicted octanol–water partition coefficient (Wildman–Crippen LogP) is -0.627. The first-order valence-corrected chi connectivity index (χ1v) is 8.25. The van der Waals surface area contributed by atoms with Crippen LogP contribution in [0.15, 0.2) is 35.2 Å². The highest BCUT2D eigenvalue weighted by Gasteiger charge is 2.28. The zero-order chi connectivity index (χ0) is 15.3. The molecule has 1 aromatic rings. The number of hydrazine groups is 1. The molecule has 0 atom stereocenters. The summed E-state index contributed by atoms with van der Waals surface area (Å²) >= 11 is 0. The Kier molecular flexibility index (Phi) is 5.29. The molecule has 8 heteroatoms. The van der Waals surface area contributed by atoms with Crippen molar-refractivity contribution < 1.29 is 13.2 Å². The fourth-order valence-electron chi connectivity index (χ4n) is 2.27. The van der Waals surface area contributed by atoms with Gasteiger partial charge in [-0.05, 0) is 12.1 Å². The third kappa shape index (κ3) is 4.01. The Balaban J connectivity index is 1.90. The summed E-state index contributed by atoms with van der Waals surface area (Å²) < 4.78 is 26.4. The molecule has 1 aliphatic heterocycles. The largest absolute Gasteiger partial charge is 0.300 e. The monoisotopic (exact) mass is 312 g/mol. The van der Waals surface area contributed by atoms with E-state index in [9.17, 15) is 13.2 Å². The minimum Gasteiger partial charge on any atom is -0.300 e. The fourth-order valence-corrected chi connectivity index (χ4v) is 3.71. The Labute approximate surface area is 124 Å². The molecule has 1 saturated heterocycles. The van der Waals surface area contributed by atoms with Crippen LogP contribution in [0.2, 0.25) is 0 Å². The Morgan fingerprint density at radius 3 is 2.33 bits per heavy atom. The van der Waals surface area contributed by atoms with Crippen molar-refractivity contribution in [3.63, 3.8) is 0 Å². The smallest absolute Gasteiger partial charge is 0.243 e. The first-order valence-electron chi connectivity index (χ1n) is 6.81. The number of nitrogens with zero attached hydrogens (tertiary/aromatic N) is 2. The molecular weight excluding hydrogens is 292 g/mol. The van der Waals surface area contributed by atoms with Crippen molar-refractivity contribution in [3.05, 3.63) is 30.3 Å². The van der Waals surface area contributed by atoms with Gasteiger partial charge in [-0.25, -0.2) is 14.3 Å². The van der Waals surface area contributed by atoms with Crippen molar-refractivity contribution in [1.29, 1.82) is 0 Å². The number of amides is 1. The highest BCUT2D eigenvalue weighted by atomic mass is 32.2. The normalized spacial score (nSPS) is 17.6. The first-order chi connectivity index (χ1) is 10.0. The molecule has 0 aliphatic carbocycles. The summed E-state index contributed by atoms with van der Waals surface area (Å²) in [5, 5.41) is 0. The average Bonchev–Trinajstić information content (AvgIpc) is 2.53. The summed E-state index contributed by atoms with van der Waals surface area (Å²) in [5.74, 6) is 4.81. The van der Waals surface area contributed by atoms with Crippen LogP contribution < -0.4 is 11.3 Å².